The molecule has 2 aromatic carbocycles. The first-order valence-electron chi connectivity index (χ1n) is 10.0. The van der Waals surface area contributed by atoms with Crippen LogP contribution >= 0.6 is 23.2 Å². The number of nitrogens with one attached hydrogen (secondary N) is 3. The topological polar surface area (TPSA) is 123 Å². The van der Waals surface area contributed by atoms with Gasteiger partial charge >= 0.3 is 12.0 Å². The molecule has 2 aromatic rings. The highest BCUT2D eigenvalue weighted by Gasteiger charge is 2.27. The summed E-state index contributed by atoms with van der Waals surface area (Å²) in [5.41, 5.74) is 8.25. The minimum atomic E-state index is -1.17. The summed E-state index contributed by atoms with van der Waals surface area (Å²) in [5, 5.41) is 8.42. The van der Waals surface area contributed by atoms with Gasteiger partial charge in [-0.15, -0.1) is 0 Å². The second-order valence-corrected chi connectivity index (χ2v) is 8.22. The third-order valence-electron chi connectivity index (χ3n) is 5.30. The molecule has 0 spiro atoms. The van der Waals surface area contributed by atoms with E-state index in [1.807, 2.05) is 12.1 Å². The molecule has 0 radical (unpaired) electrons. The average Bonchev–Trinajstić information content (AvgIpc) is 2.77. The van der Waals surface area contributed by atoms with Crippen LogP contribution in [0.5, 0.6) is 0 Å². The Bertz CT molecular complexity index is 1030. The lowest BCUT2D eigenvalue weighted by Crippen LogP contribution is -2.50. The van der Waals surface area contributed by atoms with Gasteiger partial charge in [0.25, 0.3) is 5.91 Å². The summed E-state index contributed by atoms with van der Waals surface area (Å²) in [7, 11) is 1.17. The Labute approximate surface area is 195 Å². The van der Waals surface area contributed by atoms with E-state index >= 15 is 0 Å². The van der Waals surface area contributed by atoms with Crippen molar-refractivity contribution in [2.45, 2.75) is 31.3 Å². The predicted molar refractivity (Wildman–Crippen MR) is 123 cm³/mol. The summed E-state index contributed by atoms with van der Waals surface area (Å²) in [6.45, 7) is -0.248. The number of urea groups is 1. The fourth-order valence-electron chi connectivity index (χ4n) is 3.68. The number of nitrogens with two attached hydrogens (primary N) is 1. The smallest absolute Gasteiger partial charge is 0.330 e. The number of carbonyl (C=O) groups excluding carboxylic acids is 3. The molecule has 0 aliphatic heterocycles. The van der Waals surface area contributed by atoms with Crippen molar-refractivity contribution in [2.24, 2.45) is 5.73 Å². The van der Waals surface area contributed by atoms with E-state index in [0.29, 0.717) is 5.69 Å². The Morgan fingerprint density at radius 1 is 1.16 bits per heavy atom. The maximum Gasteiger partial charge on any atom is 0.330 e. The van der Waals surface area contributed by atoms with Gasteiger partial charge < -0.3 is 26.4 Å². The largest absolute Gasteiger partial charge is 0.467 e. The predicted octanol–water partition coefficient (Wildman–Crippen LogP) is 2.90. The van der Waals surface area contributed by atoms with E-state index in [-0.39, 0.29) is 28.2 Å². The third-order valence-corrected chi connectivity index (χ3v) is 6.00. The number of benzene rings is 2. The Morgan fingerprint density at radius 3 is 2.56 bits per heavy atom. The van der Waals surface area contributed by atoms with Gasteiger partial charge in [0.15, 0.2) is 0 Å². The second kappa shape index (κ2) is 10.6. The normalized spacial score (nSPS) is 15.8. The molecule has 0 saturated carbocycles. The number of fused-ring (bicyclic) bond motifs is 1. The van der Waals surface area contributed by atoms with Crippen molar-refractivity contribution in [1.29, 1.82) is 0 Å². The van der Waals surface area contributed by atoms with Gasteiger partial charge in [-0.2, -0.15) is 0 Å². The number of anilines is 1. The molecule has 0 heterocycles. The van der Waals surface area contributed by atoms with E-state index in [9.17, 15) is 14.4 Å². The maximum atomic E-state index is 12.9. The van der Waals surface area contributed by atoms with Crippen molar-refractivity contribution >= 4 is 46.8 Å². The monoisotopic (exact) mass is 478 g/mol. The number of hydrogen-bond acceptors (Lipinski definition) is 5. The van der Waals surface area contributed by atoms with Crippen molar-refractivity contribution in [1.82, 2.24) is 10.6 Å². The molecule has 1 unspecified atom stereocenters. The summed E-state index contributed by atoms with van der Waals surface area (Å²) in [4.78, 5) is 35.9. The Kier molecular flexibility index (Phi) is 7.82. The summed E-state index contributed by atoms with van der Waals surface area (Å²) < 4.78 is 4.67. The molecule has 170 valence electrons. The summed E-state index contributed by atoms with van der Waals surface area (Å²) in [5.74, 6) is -1.44. The lowest BCUT2D eigenvalue weighted by molar-refractivity contribution is -0.142. The number of carbonyl (C=O) groups is 3. The van der Waals surface area contributed by atoms with Gasteiger partial charge in [0.05, 0.1) is 35.0 Å². The van der Waals surface area contributed by atoms with Crippen LogP contribution in [0.1, 0.15) is 27.9 Å². The van der Waals surface area contributed by atoms with Crippen molar-refractivity contribution in [3.63, 3.8) is 0 Å². The molecule has 0 aromatic heterocycles. The highest BCUT2D eigenvalue weighted by Crippen LogP contribution is 2.33. The number of halogens is 2. The molecule has 3 rings (SSSR count). The number of methoxy groups -OCH3 is 1. The zero-order chi connectivity index (χ0) is 23.3. The molecule has 0 fully saturated rings. The Balaban J connectivity index is 1.77. The summed E-state index contributed by atoms with van der Waals surface area (Å²) in [6.07, 6.45) is 2.70. The maximum absolute atomic E-state index is 12.9. The van der Waals surface area contributed by atoms with E-state index in [1.54, 1.807) is 12.1 Å². The van der Waals surface area contributed by atoms with Gasteiger partial charge in [-0.05, 0) is 42.5 Å². The van der Waals surface area contributed by atoms with Crippen LogP contribution in [0.15, 0.2) is 36.4 Å². The zero-order valence-corrected chi connectivity index (χ0v) is 18.9. The quantitative estimate of drug-likeness (QED) is 0.455. The van der Waals surface area contributed by atoms with Crippen LogP contribution in [0.3, 0.4) is 0 Å². The molecule has 32 heavy (non-hydrogen) atoms. The first kappa shape index (κ1) is 23.7. The highest BCUT2D eigenvalue weighted by atomic mass is 35.5. The SMILES string of the molecule is COC(=O)[C@H](CNC(N)=O)NC(=O)c1c(Cl)ccc(NC2CCc3ccccc3C2)c1Cl. The molecule has 2 atom stereocenters. The third kappa shape index (κ3) is 5.63. The molecule has 0 bridgehead atoms. The van der Waals surface area contributed by atoms with Gasteiger partial charge in [-0.25, -0.2) is 9.59 Å². The van der Waals surface area contributed by atoms with E-state index in [0.717, 1.165) is 19.3 Å². The van der Waals surface area contributed by atoms with E-state index in [4.69, 9.17) is 28.9 Å². The molecule has 8 nitrogen and oxygen atoms in total. The van der Waals surface area contributed by atoms with Crippen LogP contribution in [0, 0.1) is 0 Å². The number of amides is 3. The first-order valence-corrected chi connectivity index (χ1v) is 10.8. The van der Waals surface area contributed by atoms with Crippen molar-refractivity contribution in [3.8, 4) is 0 Å². The molecule has 5 N–H and O–H groups in total. The van der Waals surface area contributed by atoms with Crippen molar-refractivity contribution < 1.29 is 19.1 Å². The number of esters is 1. The van der Waals surface area contributed by atoms with Crippen LogP contribution in [0.4, 0.5) is 10.5 Å². The fourth-order valence-corrected chi connectivity index (χ4v) is 4.28. The lowest BCUT2D eigenvalue weighted by atomic mass is 9.88. The highest BCUT2D eigenvalue weighted by molar-refractivity contribution is 6.41. The van der Waals surface area contributed by atoms with Crippen LogP contribution in [0.2, 0.25) is 10.0 Å². The Morgan fingerprint density at radius 2 is 1.88 bits per heavy atom. The van der Waals surface area contributed by atoms with Gasteiger partial charge in [0.1, 0.15) is 6.04 Å². The van der Waals surface area contributed by atoms with Crippen molar-refractivity contribution in [2.75, 3.05) is 19.0 Å². The first-order chi connectivity index (χ1) is 15.3. The molecule has 0 saturated heterocycles. The number of primary amides is 1. The number of aryl methyl sites for hydroxylation is 1. The van der Waals surface area contributed by atoms with E-state index < -0.39 is 23.9 Å². The Hall–Kier alpha value is -2.97. The molecule has 1 aliphatic rings. The van der Waals surface area contributed by atoms with Crippen LogP contribution < -0.4 is 21.7 Å². The zero-order valence-electron chi connectivity index (χ0n) is 17.4. The standard InChI is InChI=1S/C22H24Cl2N4O4/c1-32-21(30)17(11-26-22(25)31)28-20(29)18-15(23)8-9-16(19(18)24)27-14-7-6-12-4-2-3-5-13(12)10-14/h2-5,8-9,14,17,27H,6-7,10-11H2,1H3,(H,28,29)(H3,25,26,31)/t14?,17-/m0/s1. The van der Waals surface area contributed by atoms with E-state index in [2.05, 4.69) is 32.8 Å². The minimum Gasteiger partial charge on any atom is -0.467 e. The molecule has 3 amide bonds. The molecular formula is C22H24Cl2N4O4. The number of rotatable bonds is 7. The fraction of sp³-hybridized carbons (Fsp3) is 0.318. The van der Waals surface area contributed by atoms with Crippen molar-refractivity contribution in [3.05, 3.63) is 63.1 Å². The molecule has 1 aliphatic carbocycles. The van der Waals surface area contributed by atoms with E-state index in [1.165, 1.54) is 18.2 Å². The second-order valence-electron chi connectivity index (χ2n) is 7.43. The van der Waals surface area contributed by atoms with Gasteiger partial charge in [-0.3, -0.25) is 4.79 Å². The summed E-state index contributed by atoms with van der Waals surface area (Å²) in [6, 6.07) is 9.71. The lowest BCUT2D eigenvalue weighted by Gasteiger charge is -2.27. The van der Waals surface area contributed by atoms with Gasteiger partial charge in [-0.1, -0.05) is 47.5 Å². The minimum absolute atomic E-state index is 0.0162. The number of ether oxygens (including phenoxy) is 1. The number of hydrogen-bond donors (Lipinski definition) is 4. The van der Waals surface area contributed by atoms with Crippen LogP contribution in [-0.2, 0) is 22.4 Å². The van der Waals surface area contributed by atoms with Gasteiger partial charge in [0, 0.05) is 6.04 Å². The summed E-state index contributed by atoms with van der Waals surface area (Å²) >= 11 is 12.8. The van der Waals surface area contributed by atoms with Crippen LogP contribution in [-0.4, -0.2) is 43.6 Å². The van der Waals surface area contributed by atoms with Gasteiger partial charge in [0.2, 0.25) is 0 Å². The average molecular weight is 479 g/mol. The molecule has 10 heteroatoms. The van der Waals surface area contributed by atoms with Crippen LogP contribution in [0.25, 0.3) is 0 Å². The molecular weight excluding hydrogens is 455 g/mol.